The summed E-state index contributed by atoms with van der Waals surface area (Å²) in [4.78, 5) is 14.3. The van der Waals surface area contributed by atoms with Gasteiger partial charge in [-0.25, -0.2) is 0 Å². The maximum Gasteiger partial charge on any atom is 0.356 e. The molecule has 0 atom stereocenters. The topological polar surface area (TPSA) is 61.5 Å². The molecule has 0 saturated heterocycles. The average molecular weight is 160 g/mol. The van der Waals surface area contributed by atoms with E-state index in [0.29, 0.717) is 0 Å². The van der Waals surface area contributed by atoms with E-state index >= 15 is 0 Å². The highest BCUT2D eigenvalue weighted by molar-refractivity contribution is 5.65. The molecule has 0 aromatic carbocycles. The number of fused-ring (bicyclic) bond motifs is 3. The van der Waals surface area contributed by atoms with Crippen molar-refractivity contribution in [3.8, 4) is 0 Å². The predicted octanol–water partition coefficient (Wildman–Crippen LogP) is 0.0247. The van der Waals surface area contributed by atoms with E-state index in [4.69, 9.17) is 0 Å². The summed E-state index contributed by atoms with van der Waals surface area (Å²) >= 11 is 0. The Kier molecular flexibility index (Phi) is 0.864. The number of aromatic amines is 2. The van der Waals surface area contributed by atoms with E-state index in [-0.39, 0.29) is 0 Å². The lowest BCUT2D eigenvalue weighted by Crippen LogP contribution is -2.20. The number of nitrogens with one attached hydrogen (secondary N) is 2. The van der Waals surface area contributed by atoms with Crippen LogP contribution < -0.4 is 4.40 Å². The molecule has 0 fully saturated rings. The third kappa shape index (κ3) is 0.554. The largest absolute Gasteiger partial charge is 0.356 e. The van der Waals surface area contributed by atoms with Gasteiger partial charge in [0.2, 0.25) is 0 Å². The van der Waals surface area contributed by atoms with Crippen LogP contribution in [-0.4, -0.2) is 19.9 Å². The van der Waals surface area contributed by atoms with Crippen LogP contribution in [0, 0.1) is 0 Å². The minimum Gasteiger partial charge on any atom is -0.329 e. The minimum atomic E-state index is 0.801. The Labute approximate surface area is 67.1 Å². The molecule has 2 N–H and O–H groups in total. The zero-order valence-electron chi connectivity index (χ0n) is 6.15. The van der Waals surface area contributed by atoms with Gasteiger partial charge in [0.15, 0.2) is 6.33 Å². The molecule has 0 bridgehead atoms. The molecule has 0 aliphatic carbocycles. The van der Waals surface area contributed by atoms with Gasteiger partial charge in [-0.3, -0.25) is 4.98 Å². The first kappa shape index (κ1) is 5.70. The van der Waals surface area contributed by atoms with Crippen LogP contribution in [0.25, 0.3) is 16.9 Å². The van der Waals surface area contributed by atoms with Crippen molar-refractivity contribution in [1.29, 1.82) is 0 Å². The molecule has 5 nitrogen and oxygen atoms in total. The molecule has 3 heterocycles. The van der Waals surface area contributed by atoms with E-state index in [9.17, 15) is 0 Å². The fourth-order valence-electron chi connectivity index (χ4n) is 1.31. The van der Waals surface area contributed by atoms with E-state index < -0.39 is 0 Å². The van der Waals surface area contributed by atoms with Crippen molar-refractivity contribution in [2.75, 3.05) is 0 Å². The molecule has 3 rings (SSSR count). The summed E-state index contributed by atoms with van der Waals surface area (Å²) in [6.45, 7) is 0. The van der Waals surface area contributed by atoms with Gasteiger partial charge in [-0.05, 0) is 0 Å². The monoisotopic (exact) mass is 160 g/mol. The summed E-state index contributed by atoms with van der Waals surface area (Å²) < 4.78 is 1.89. The predicted molar refractivity (Wildman–Crippen MR) is 41.4 cm³/mol. The standard InChI is InChI=1S/C7H5N5/c1-2-12-6-5(10-4-11-6)3-9-7(12)8-1/h1-4H,(H,8,9,10,11)/p+1. The molecule has 5 heteroatoms. The molecule has 0 radical (unpaired) electrons. The Morgan fingerprint density at radius 2 is 2.25 bits per heavy atom. The molecule has 0 aliphatic rings. The molecule has 3 aromatic heterocycles. The first-order chi connectivity index (χ1) is 5.95. The molecule has 0 amide bonds. The summed E-state index contributed by atoms with van der Waals surface area (Å²) in [6.07, 6.45) is 7.14. The zero-order chi connectivity index (χ0) is 7.97. The number of hydrogen-bond donors (Lipinski definition) is 2. The molecule has 0 aliphatic heterocycles. The van der Waals surface area contributed by atoms with E-state index in [1.165, 1.54) is 0 Å². The van der Waals surface area contributed by atoms with Gasteiger partial charge >= 0.3 is 5.78 Å². The van der Waals surface area contributed by atoms with Crippen LogP contribution in [0.4, 0.5) is 0 Å². The highest BCUT2D eigenvalue weighted by Gasteiger charge is 2.08. The van der Waals surface area contributed by atoms with Gasteiger partial charge in [-0.15, -0.1) is 9.97 Å². The fraction of sp³-hybridized carbons (Fsp3) is 0. The van der Waals surface area contributed by atoms with Gasteiger partial charge in [-0.1, -0.05) is 0 Å². The van der Waals surface area contributed by atoms with Crippen molar-refractivity contribution in [2.24, 2.45) is 0 Å². The molecule has 58 valence electrons. The normalized spacial score (nSPS) is 11.3. The van der Waals surface area contributed by atoms with Crippen LogP contribution in [0.5, 0.6) is 0 Å². The van der Waals surface area contributed by atoms with Crippen molar-refractivity contribution in [2.45, 2.75) is 0 Å². The first-order valence-electron chi connectivity index (χ1n) is 3.62. The quantitative estimate of drug-likeness (QED) is 0.455. The second-order valence-electron chi connectivity index (χ2n) is 2.55. The zero-order valence-corrected chi connectivity index (χ0v) is 6.15. The molecule has 0 saturated carbocycles. The number of hydrogen-bond acceptors (Lipinski definition) is 2. The van der Waals surface area contributed by atoms with E-state index in [0.717, 1.165) is 16.9 Å². The van der Waals surface area contributed by atoms with Crippen molar-refractivity contribution >= 4 is 16.9 Å². The van der Waals surface area contributed by atoms with Crippen molar-refractivity contribution in [3.05, 3.63) is 24.9 Å². The van der Waals surface area contributed by atoms with Gasteiger partial charge in [0.1, 0.15) is 11.7 Å². The second-order valence-corrected chi connectivity index (χ2v) is 2.55. The lowest BCUT2D eigenvalue weighted by Gasteiger charge is -1.83. The number of imidazole rings is 2. The Morgan fingerprint density at radius 1 is 1.25 bits per heavy atom. The average Bonchev–Trinajstić information content (AvgIpc) is 2.71. The summed E-state index contributed by atoms with van der Waals surface area (Å²) in [7, 11) is 0. The number of H-pyrrole nitrogens is 2. The fourth-order valence-corrected chi connectivity index (χ4v) is 1.31. The Hall–Kier alpha value is -1.91. The van der Waals surface area contributed by atoms with E-state index in [2.05, 4.69) is 19.9 Å². The Balaban J connectivity index is 2.71. The molecule has 0 unspecified atom stereocenters. The van der Waals surface area contributed by atoms with Gasteiger partial charge < -0.3 is 4.98 Å². The molecular weight excluding hydrogens is 154 g/mol. The van der Waals surface area contributed by atoms with Crippen LogP contribution in [0.1, 0.15) is 0 Å². The maximum absolute atomic E-state index is 4.18. The number of aromatic nitrogens is 5. The van der Waals surface area contributed by atoms with Crippen molar-refractivity contribution in [3.63, 3.8) is 0 Å². The summed E-state index contributed by atoms with van der Waals surface area (Å²) in [6, 6.07) is 0. The van der Waals surface area contributed by atoms with E-state index in [1.807, 2.05) is 16.8 Å². The van der Waals surface area contributed by atoms with Crippen LogP contribution >= 0.6 is 0 Å². The molecule has 3 aromatic rings. The molecular formula is C7H6N5+. The van der Waals surface area contributed by atoms with Crippen molar-refractivity contribution in [1.82, 2.24) is 19.9 Å². The Bertz CT molecular complexity index is 485. The highest BCUT2D eigenvalue weighted by atomic mass is 15.1. The highest BCUT2D eigenvalue weighted by Crippen LogP contribution is 2.01. The summed E-state index contributed by atoms with van der Waals surface area (Å²) in [5, 5.41) is 0. The van der Waals surface area contributed by atoms with Gasteiger partial charge in [0, 0.05) is 0 Å². The smallest absolute Gasteiger partial charge is 0.329 e. The van der Waals surface area contributed by atoms with Crippen LogP contribution in [0.2, 0.25) is 0 Å². The SMILES string of the molecule is c1nc2c(cnc3[nH]cc[n+]32)[nH]1. The Morgan fingerprint density at radius 3 is 3.25 bits per heavy atom. The maximum atomic E-state index is 4.18. The third-order valence-electron chi connectivity index (χ3n) is 1.86. The minimum absolute atomic E-state index is 0.801. The summed E-state index contributed by atoms with van der Waals surface area (Å²) in [5.74, 6) is 0.801. The van der Waals surface area contributed by atoms with Crippen LogP contribution in [0.3, 0.4) is 0 Å². The van der Waals surface area contributed by atoms with Crippen molar-refractivity contribution < 1.29 is 4.40 Å². The third-order valence-corrected chi connectivity index (χ3v) is 1.86. The first-order valence-corrected chi connectivity index (χ1v) is 3.62. The van der Waals surface area contributed by atoms with Gasteiger partial charge in [0.05, 0.1) is 12.4 Å². The molecule has 12 heavy (non-hydrogen) atoms. The second kappa shape index (κ2) is 1.82. The van der Waals surface area contributed by atoms with Crippen LogP contribution in [0.15, 0.2) is 24.9 Å². The molecule has 0 spiro atoms. The van der Waals surface area contributed by atoms with Gasteiger partial charge in [0.25, 0.3) is 5.65 Å². The lowest BCUT2D eigenvalue weighted by molar-refractivity contribution is -0.484. The summed E-state index contributed by atoms with van der Waals surface area (Å²) in [5.41, 5.74) is 1.83. The van der Waals surface area contributed by atoms with Gasteiger partial charge in [-0.2, -0.15) is 4.40 Å². The van der Waals surface area contributed by atoms with Crippen LogP contribution in [-0.2, 0) is 0 Å². The lowest BCUT2D eigenvalue weighted by atomic mass is 10.5. The number of nitrogens with zero attached hydrogens (tertiary/aromatic N) is 3. The van der Waals surface area contributed by atoms with E-state index in [1.54, 1.807) is 12.5 Å². The number of rotatable bonds is 0.